The highest BCUT2D eigenvalue weighted by Gasteiger charge is 2.18. The molecule has 0 spiro atoms. The fraction of sp³-hybridized carbons (Fsp3) is 0.0625. The molecule has 2 aromatic rings. The molecule has 2 aromatic carbocycles. The molecule has 1 aliphatic heterocycles. The summed E-state index contributed by atoms with van der Waals surface area (Å²) in [4.78, 5) is 19.9. The molecule has 4 nitrogen and oxygen atoms in total. The lowest BCUT2D eigenvalue weighted by Gasteiger charge is -2.20. The largest absolute Gasteiger partial charge is 0.342 e. The van der Waals surface area contributed by atoms with Crippen LogP contribution in [0.1, 0.15) is 17.3 Å². The smallest absolute Gasteiger partial charge is 0.185 e. The Labute approximate surface area is 116 Å². The highest BCUT2D eigenvalue weighted by atomic mass is 16.1. The van der Waals surface area contributed by atoms with Gasteiger partial charge in [0, 0.05) is 5.56 Å². The van der Waals surface area contributed by atoms with Gasteiger partial charge in [-0.15, -0.1) is 0 Å². The summed E-state index contributed by atoms with van der Waals surface area (Å²) in [6.07, 6.45) is 0.428. The Morgan fingerprint density at radius 2 is 1.60 bits per heavy atom. The van der Waals surface area contributed by atoms with E-state index in [4.69, 9.17) is 0 Å². The van der Waals surface area contributed by atoms with Gasteiger partial charge in [0.15, 0.2) is 18.0 Å². The third-order valence-electron chi connectivity index (χ3n) is 3.02. The van der Waals surface area contributed by atoms with Crippen LogP contribution in [0.25, 0.3) is 0 Å². The van der Waals surface area contributed by atoms with Crippen molar-refractivity contribution in [1.82, 2.24) is 5.32 Å². The Bertz CT molecular complexity index is 663. The van der Waals surface area contributed by atoms with Crippen LogP contribution in [0.3, 0.4) is 0 Å². The molecule has 4 heteroatoms. The summed E-state index contributed by atoms with van der Waals surface area (Å²) in [5.41, 5.74) is 1.89. The van der Waals surface area contributed by atoms with Crippen molar-refractivity contribution in [2.45, 2.75) is 6.17 Å². The second-order valence-corrected chi connectivity index (χ2v) is 4.39. The molecule has 20 heavy (non-hydrogen) atoms. The van der Waals surface area contributed by atoms with Crippen LogP contribution < -0.4 is 5.32 Å². The molecule has 0 aromatic heterocycles. The Balaban J connectivity index is 2.01. The van der Waals surface area contributed by atoms with Gasteiger partial charge >= 0.3 is 0 Å². The predicted octanol–water partition coefficient (Wildman–Crippen LogP) is 2.33. The van der Waals surface area contributed by atoms with E-state index in [1.165, 1.54) is 0 Å². The van der Waals surface area contributed by atoms with Crippen molar-refractivity contribution in [3.05, 3.63) is 71.8 Å². The number of nitrogens with zero attached hydrogens (tertiary/aromatic N) is 2. The van der Waals surface area contributed by atoms with Crippen LogP contribution in [-0.2, 0) is 4.79 Å². The molecule has 3 rings (SSSR count). The first kappa shape index (κ1) is 12.3. The fourth-order valence-electron chi connectivity index (χ4n) is 2.05. The molecule has 1 unspecified atom stereocenters. The van der Waals surface area contributed by atoms with Crippen molar-refractivity contribution in [2.75, 3.05) is 0 Å². The molecule has 1 heterocycles. The maximum atomic E-state index is 11.1. The number of carbonyl (C=O) groups excluding carboxylic acids is 1. The predicted molar refractivity (Wildman–Crippen MR) is 78.8 cm³/mol. The van der Waals surface area contributed by atoms with E-state index in [2.05, 4.69) is 15.3 Å². The minimum Gasteiger partial charge on any atom is -0.342 e. The number of aldehydes is 1. The third-order valence-corrected chi connectivity index (χ3v) is 3.02. The number of amidine groups is 2. The lowest BCUT2D eigenvalue weighted by atomic mass is 10.1. The molecule has 0 saturated heterocycles. The van der Waals surface area contributed by atoms with Crippen LogP contribution in [0.5, 0.6) is 0 Å². The van der Waals surface area contributed by atoms with Crippen LogP contribution in [0, 0.1) is 0 Å². The van der Waals surface area contributed by atoms with Crippen molar-refractivity contribution >= 4 is 18.0 Å². The van der Waals surface area contributed by atoms with E-state index < -0.39 is 0 Å². The first-order chi connectivity index (χ1) is 9.86. The van der Waals surface area contributed by atoms with Gasteiger partial charge in [-0.05, 0) is 5.56 Å². The van der Waals surface area contributed by atoms with Crippen LogP contribution in [0.4, 0.5) is 0 Å². The van der Waals surface area contributed by atoms with Gasteiger partial charge in [0.25, 0.3) is 0 Å². The highest BCUT2D eigenvalue weighted by molar-refractivity contribution is 6.31. The van der Waals surface area contributed by atoms with Crippen molar-refractivity contribution in [3.8, 4) is 0 Å². The molecule has 1 atom stereocenters. The molecule has 0 bridgehead atoms. The molecule has 1 N–H and O–H groups in total. The lowest BCUT2D eigenvalue weighted by molar-refractivity contribution is -0.102. The van der Waals surface area contributed by atoms with E-state index in [-0.39, 0.29) is 6.17 Å². The number of benzene rings is 2. The molecule has 0 amide bonds. The van der Waals surface area contributed by atoms with E-state index in [1.54, 1.807) is 0 Å². The number of carbonyl (C=O) groups is 1. The molecule has 98 valence electrons. The Hall–Kier alpha value is -2.75. The standard InChI is InChI=1S/C16H13N3O/c20-11-14-17-15(12-7-3-1-4-8-12)19-16(18-14)13-9-5-2-6-10-13/h1-11,15H,(H,17,18,19). The minimum atomic E-state index is -0.288. The van der Waals surface area contributed by atoms with E-state index in [9.17, 15) is 4.79 Å². The summed E-state index contributed by atoms with van der Waals surface area (Å²) in [7, 11) is 0. The van der Waals surface area contributed by atoms with Crippen molar-refractivity contribution < 1.29 is 4.79 Å². The average Bonchev–Trinajstić information content (AvgIpc) is 2.56. The van der Waals surface area contributed by atoms with E-state index in [0.717, 1.165) is 11.1 Å². The zero-order valence-corrected chi connectivity index (χ0v) is 10.7. The van der Waals surface area contributed by atoms with E-state index in [0.29, 0.717) is 18.0 Å². The number of aliphatic imine (C=N–C) groups is 2. The summed E-state index contributed by atoms with van der Waals surface area (Å²) >= 11 is 0. The molecule has 0 fully saturated rings. The molecule has 0 aliphatic carbocycles. The van der Waals surface area contributed by atoms with Gasteiger partial charge in [0.1, 0.15) is 6.17 Å². The van der Waals surface area contributed by atoms with Gasteiger partial charge in [-0.2, -0.15) is 0 Å². The average molecular weight is 263 g/mol. The summed E-state index contributed by atoms with van der Waals surface area (Å²) < 4.78 is 0. The molecule has 0 saturated carbocycles. The third kappa shape index (κ3) is 2.49. The Morgan fingerprint density at radius 3 is 2.25 bits per heavy atom. The number of hydrogen-bond donors (Lipinski definition) is 1. The van der Waals surface area contributed by atoms with E-state index in [1.807, 2.05) is 60.7 Å². The van der Waals surface area contributed by atoms with Crippen LogP contribution >= 0.6 is 0 Å². The van der Waals surface area contributed by atoms with Crippen molar-refractivity contribution in [3.63, 3.8) is 0 Å². The maximum absolute atomic E-state index is 11.1. The SMILES string of the molecule is O=CC1=NC(c2ccccc2)=NC(c2ccccc2)N1. The Kier molecular flexibility index (Phi) is 3.37. The Morgan fingerprint density at radius 1 is 0.950 bits per heavy atom. The zero-order chi connectivity index (χ0) is 13.8. The number of rotatable bonds is 3. The zero-order valence-electron chi connectivity index (χ0n) is 10.7. The van der Waals surface area contributed by atoms with Crippen LogP contribution in [-0.4, -0.2) is 18.0 Å². The molecular formula is C16H13N3O. The molecule has 0 radical (unpaired) electrons. The lowest BCUT2D eigenvalue weighted by Crippen LogP contribution is -2.33. The summed E-state index contributed by atoms with van der Waals surface area (Å²) in [5.74, 6) is 0.869. The van der Waals surface area contributed by atoms with Gasteiger partial charge in [-0.3, -0.25) is 4.79 Å². The van der Waals surface area contributed by atoms with E-state index >= 15 is 0 Å². The van der Waals surface area contributed by atoms with Gasteiger partial charge < -0.3 is 5.32 Å². The van der Waals surface area contributed by atoms with Gasteiger partial charge in [-0.1, -0.05) is 60.7 Å². The molecule has 1 aliphatic rings. The van der Waals surface area contributed by atoms with Crippen molar-refractivity contribution in [1.29, 1.82) is 0 Å². The summed E-state index contributed by atoms with van der Waals surface area (Å²) in [5, 5.41) is 3.01. The quantitative estimate of drug-likeness (QED) is 0.864. The summed E-state index contributed by atoms with van der Waals surface area (Å²) in [6.45, 7) is 0. The maximum Gasteiger partial charge on any atom is 0.185 e. The van der Waals surface area contributed by atoms with Crippen LogP contribution in [0.2, 0.25) is 0 Å². The number of nitrogens with one attached hydrogen (secondary N) is 1. The fourth-order valence-corrected chi connectivity index (χ4v) is 2.05. The number of hydrogen-bond acceptors (Lipinski definition) is 4. The monoisotopic (exact) mass is 263 g/mol. The first-order valence-corrected chi connectivity index (χ1v) is 6.35. The van der Waals surface area contributed by atoms with Gasteiger partial charge in [0.05, 0.1) is 0 Å². The summed E-state index contributed by atoms with van der Waals surface area (Å²) in [6, 6.07) is 19.4. The highest BCUT2D eigenvalue weighted by Crippen LogP contribution is 2.19. The molecular weight excluding hydrogens is 250 g/mol. The minimum absolute atomic E-state index is 0.288. The van der Waals surface area contributed by atoms with Gasteiger partial charge in [0.2, 0.25) is 0 Å². The normalized spacial score (nSPS) is 17.7. The van der Waals surface area contributed by atoms with Gasteiger partial charge in [-0.25, -0.2) is 9.98 Å². The second-order valence-electron chi connectivity index (χ2n) is 4.39. The first-order valence-electron chi connectivity index (χ1n) is 6.35. The second kappa shape index (κ2) is 5.48. The van der Waals surface area contributed by atoms with Crippen LogP contribution in [0.15, 0.2) is 70.6 Å². The van der Waals surface area contributed by atoms with Crippen molar-refractivity contribution in [2.24, 2.45) is 9.98 Å². The topological polar surface area (TPSA) is 53.8 Å².